The van der Waals surface area contributed by atoms with Crippen LogP contribution in [-0.2, 0) is 14.8 Å². The molecule has 0 spiro atoms. The van der Waals surface area contributed by atoms with Crippen molar-refractivity contribution in [3.8, 4) is 5.75 Å². The lowest BCUT2D eigenvalue weighted by molar-refractivity contribution is 0.146. The van der Waals surface area contributed by atoms with Gasteiger partial charge in [0.25, 0.3) is 0 Å². The van der Waals surface area contributed by atoms with Gasteiger partial charge in [-0.1, -0.05) is 0 Å². The Balaban J connectivity index is 1.98. The highest BCUT2D eigenvalue weighted by molar-refractivity contribution is 7.89. The quantitative estimate of drug-likeness (QED) is 0.740. The third-order valence-electron chi connectivity index (χ3n) is 2.90. The average molecular weight is 300 g/mol. The standard InChI is InChI=1S/C13H20N2O4S/c1-2-18-8-3-6-15-20(16,17)11-4-5-13-12(10-11)14-7-9-19-13/h4-5,10,14-15H,2-3,6-9H2,1H3. The maximum Gasteiger partial charge on any atom is 0.240 e. The van der Waals surface area contributed by atoms with Crippen LogP contribution < -0.4 is 14.8 Å². The van der Waals surface area contributed by atoms with Crippen LogP contribution in [-0.4, -0.2) is 41.3 Å². The van der Waals surface area contributed by atoms with Crippen molar-refractivity contribution >= 4 is 15.7 Å². The maximum absolute atomic E-state index is 12.1. The number of sulfonamides is 1. The van der Waals surface area contributed by atoms with Gasteiger partial charge >= 0.3 is 0 Å². The predicted molar refractivity (Wildman–Crippen MR) is 76.7 cm³/mol. The molecule has 0 saturated heterocycles. The van der Waals surface area contributed by atoms with Gasteiger partial charge < -0.3 is 14.8 Å². The van der Waals surface area contributed by atoms with Gasteiger partial charge in [-0.25, -0.2) is 13.1 Å². The third kappa shape index (κ3) is 3.84. The second-order valence-electron chi connectivity index (χ2n) is 4.38. The Morgan fingerprint density at radius 1 is 1.45 bits per heavy atom. The van der Waals surface area contributed by atoms with Gasteiger partial charge in [0, 0.05) is 26.3 Å². The molecular formula is C13H20N2O4S. The number of anilines is 1. The highest BCUT2D eigenvalue weighted by atomic mass is 32.2. The second-order valence-corrected chi connectivity index (χ2v) is 6.15. The number of ether oxygens (including phenoxy) is 2. The van der Waals surface area contributed by atoms with Crippen LogP contribution in [0.15, 0.2) is 23.1 Å². The molecule has 0 aliphatic carbocycles. The summed E-state index contributed by atoms with van der Waals surface area (Å²) in [7, 11) is -3.48. The number of nitrogens with one attached hydrogen (secondary N) is 2. The number of fused-ring (bicyclic) bond motifs is 1. The first-order valence-electron chi connectivity index (χ1n) is 6.71. The van der Waals surface area contributed by atoms with E-state index in [0.29, 0.717) is 50.8 Å². The predicted octanol–water partition coefficient (Wildman–Crippen LogP) is 1.20. The Labute approximate surface area is 119 Å². The van der Waals surface area contributed by atoms with Crippen LogP contribution in [0.4, 0.5) is 5.69 Å². The van der Waals surface area contributed by atoms with Crippen LogP contribution in [0.3, 0.4) is 0 Å². The van der Waals surface area contributed by atoms with Crippen LogP contribution in [0, 0.1) is 0 Å². The van der Waals surface area contributed by atoms with E-state index in [0.717, 1.165) is 0 Å². The van der Waals surface area contributed by atoms with Crippen molar-refractivity contribution in [2.75, 3.05) is 38.2 Å². The summed E-state index contributed by atoms with van der Waals surface area (Å²) in [5.41, 5.74) is 0.716. The monoisotopic (exact) mass is 300 g/mol. The molecule has 0 radical (unpaired) electrons. The first-order chi connectivity index (χ1) is 9.63. The first-order valence-corrected chi connectivity index (χ1v) is 8.20. The number of benzene rings is 1. The molecule has 1 aliphatic rings. The average Bonchev–Trinajstić information content (AvgIpc) is 2.46. The molecule has 0 fully saturated rings. The molecule has 0 atom stereocenters. The van der Waals surface area contributed by atoms with Crippen molar-refractivity contribution in [1.29, 1.82) is 0 Å². The third-order valence-corrected chi connectivity index (χ3v) is 4.36. The molecule has 7 heteroatoms. The fourth-order valence-corrected chi connectivity index (χ4v) is 3.00. The van der Waals surface area contributed by atoms with Crippen LogP contribution in [0.2, 0.25) is 0 Å². The number of rotatable bonds is 7. The van der Waals surface area contributed by atoms with E-state index in [1.54, 1.807) is 18.2 Å². The molecule has 112 valence electrons. The lowest BCUT2D eigenvalue weighted by Crippen LogP contribution is -2.26. The summed E-state index contributed by atoms with van der Waals surface area (Å²) in [6.07, 6.45) is 0.652. The van der Waals surface area contributed by atoms with Crippen LogP contribution in [0.5, 0.6) is 5.75 Å². The van der Waals surface area contributed by atoms with E-state index in [9.17, 15) is 8.42 Å². The van der Waals surface area contributed by atoms with Crippen molar-refractivity contribution in [1.82, 2.24) is 4.72 Å². The summed E-state index contributed by atoms with van der Waals surface area (Å²) in [4.78, 5) is 0.241. The van der Waals surface area contributed by atoms with Crippen LogP contribution >= 0.6 is 0 Å². The molecule has 1 heterocycles. The first kappa shape index (κ1) is 15.1. The summed E-state index contributed by atoms with van der Waals surface area (Å²) in [6, 6.07) is 4.83. The molecule has 20 heavy (non-hydrogen) atoms. The Morgan fingerprint density at radius 3 is 3.10 bits per heavy atom. The van der Waals surface area contributed by atoms with E-state index in [2.05, 4.69) is 10.0 Å². The van der Waals surface area contributed by atoms with Gasteiger partial charge in [0.15, 0.2) is 0 Å². The maximum atomic E-state index is 12.1. The Hall–Kier alpha value is -1.31. The van der Waals surface area contributed by atoms with Crippen molar-refractivity contribution in [3.05, 3.63) is 18.2 Å². The zero-order chi connectivity index (χ0) is 14.4. The molecule has 0 aromatic heterocycles. The second kappa shape index (κ2) is 6.92. The van der Waals surface area contributed by atoms with E-state index < -0.39 is 10.0 Å². The highest BCUT2D eigenvalue weighted by Crippen LogP contribution is 2.29. The lowest BCUT2D eigenvalue weighted by atomic mass is 10.2. The summed E-state index contributed by atoms with van der Waals surface area (Å²) in [5, 5.41) is 3.12. The molecule has 1 aromatic rings. The SMILES string of the molecule is CCOCCCNS(=O)(=O)c1ccc2c(c1)NCCO2. The van der Waals surface area contributed by atoms with Gasteiger partial charge in [-0.3, -0.25) is 0 Å². The van der Waals surface area contributed by atoms with Crippen molar-refractivity contribution in [2.24, 2.45) is 0 Å². The van der Waals surface area contributed by atoms with Crippen molar-refractivity contribution in [2.45, 2.75) is 18.2 Å². The van der Waals surface area contributed by atoms with Gasteiger partial charge in [0.1, 0.15) is 12.4 Å². The minimum atomic E-state index is -3.48. The zero-order valence-electron chi connectivity index (χ0n) is 11.5. The van der Waals surface area contributed by atoms with E-state index in [1.807, 2.05) is 6.92 Å². The fraction of sp³-hybridized carbons (Fsp3) is 0.538. The fourth-order valence-electron chi connectivity index (χ4n) is 1.90. The van der Waals surface area contributed by atoms with Gasteiger partial charge in [-0.2, -0.15) is 0 Å². The molecule has 1 aromatic carbocycles. The van der Waals surface area contributed by atoms with Gasteiger partial charge in [-0.05, 0) is 31.5 Å². The van der Waals surface area contributed by atoms with Gasteiger partial charge in [0.05, 0.1) is 10.6 Å². The Kier molecular flexibility index (Phi) is 5.22. The summed E-state index contributed by atoms with van der Waals surface area (Å²) >= 11 is 0. The largest absolute Gasteiger partial charge is 0.490 e. The normalized spacial score (nSPS) is 14.2. The Bertz CT molecular complexity index is 545. The molecule has 0 bridgehead atoms. The lowest BCUT2D eigenvalue weighted by Gasteiger charge is -2.19. The topological polar surface area (TPSA) is 76.7 Å². The van der Waals surface area contributed by atoms with E-state index in [-0.39, 0.29) is 4.90 Å². The van der Waals surface area contributed by atoms with E-state index in [1.165, 1.54) is 0 Å². The minimum absolute atomic E-state index is 0.241. The molecular weight excluding hydrogens is 280 g/mol. The Morgan fingerprint density at radius 2 is 2.30 bits per heavy atom. The number of hydrogen-bond donors (Lipinski definition) is 2. The molecule has 0 unspecified atom stereocenters. The highest BCUT2D eigenvalue weighted by Gasteiger charge is 2.17. The summed E-state index contributed by atoms with van der Waals surface area (Å²) in [5.74, 6) is 0.687. The van der Waals surface area contributed by atoms with Crippen LogP contribution in [0.1, 0.15) is 13.3 Å². The van der Waals surface area contributed by atoms with Crippen LogP contribution in [0.25, 0.3) is 0 Å². The molecule has 2 rings (SSSR count). The molecule has 6 nitrogen and oxygen atoms in total. The summed E-state index contributed by atoms with van der Waals surface area (Å²) < 4.78 is 37.4. The molecule has 0 amide bonds. The van der Waals surface area contributed by atoms with Gasteiger partial charge in [0.2, 0.25) is 10.0 Å². The molecule has 2 N–H and O–H groups in total. The molecule has 0 saturated carbocycles. The summed E-state index contributed by atoms with van der Waals surface area (Å²) in [6.45, 7) is 4.74. The van der Waals surface area contributed by atoms with Gasteiger partial charge in [-0.15, -0.1) is 0 Å². The molecule has 1 aliphatic heterocycles. The number of hydrogen-bond acceptors (Lipinski definition) is 5. The zero-order valence-corrected chi connectivity index (χ0v) is 12.3. The minimum Gasteiger partial charge on any atom is -0.490 e. The smallest absolute Gasteiger partial charge is 0.240 e. The van der Waals surface area contributed by atoms with E-state index >= 15 is 0 Å². The van der Waals surface area contributed by atoms with Crippen molar-refractivity contribution in [3.63, 3.8) is 0 Å². The van der Waals surface area contributed by atoms with E-state index in [4.69, 9.17) is 9.47 Å². The van der Waals surface area contributed by atoms with Crippen molar-refractivity contribution < 1.29 is 17.9 Å².